The van der Waals surface area contributed by atoms with Gasteiger partial charge >= 0.3 is 0 Å². The molecule has 0 aliphatic carbocycles. The second-order valence-electron chi connectivity index (χ2n) is 4.28. The van der Waals surface area contributed by atoms with E-state index in [0.29, 0.717) is 5.95 Å². The highest BCUT2D eigenvalue weighted by atomic mass is 32.2. The Kier molecular flexibility index (Phi) is 2.90. The molecule has 0 amide bonds. The van der Waals surface area contributed by atoms with Crippen molar-refractivity contribution in [3.05, 3.63) is 30.0 Å². The fraction of sp³-hybridized carbons (Fsp3) is 0.250. The summed E-state index contributed by atoms with van der Waals surface area (Å²) in [6.07, 6.45) is 0. The lowest BCUT2D eigenvalue weighted by Crippen LogP contribution is -1.98. The average Bonchev–Trinajstić information content (AvgIpc) is 2.91. The van der Waals surface area contributed by atoms with Crippen LogP contribution in [0.5, 0.6) is 0 Å². The molecule has 0 saturated heterocycles. The highest BCUT2D eigenvalue weighted by Gasteiger charge is 2.11. The normalized spacial score (nSPS) is 11.3. The van der Waals surface area contributed by atoms with E-state index in [-0.39, 0.29) is 0 Å². The standard InChI is InChI=1S/C12H14N6S/c1-17-11(13)14-15-12(17)19-7-9-8-5-3-4-6-10(8)18(2)16-9/h3-6H,7H2,1-2H3,(H2,13,14). The minimum absolute atomic E-state index is 0.424. The topological polar surface area (TPSA) is 74.6 Å². The smallest absolute Gasteiger partial charge is 0.222 e. The molecule has 98 valence electrons. The first-order valence-corrected chi connectivity index (χ1v) is 6.83. The van der Waals surface area contributed by atoms with Crippen LogP contribution in [0.3, 0.4) is 0 Å². The molecule has 2 aromatic heterocycles. The number of benzene rings is 1. The second-order valence-corrected chi connectivity index (χ2v) is 5.22. The number of para-hydroxylation sites is 1. The van der Waals surface area contributed by atoms with Crippen molar-refractivity contribution in [2.45, 2.75) is 10.9 Å². The first-order chi connectivity index (χ1) is 9.16. The van der Waals surface area contributed by atoms with Gasteiger partial charge in [0, 0.05) is 25.2 Å². The summed E-state index contributed by atoms with van der Waals surface area (Å²) < 4.78 is 3.67. The molecule has 0 spiro atoms. The Labute approximate surface area is 114 Å². The Morgan fingerprint density at radius 2 is 2.00 bits per heavy atom. The number of nitrogen functional groups attached to an aromatic ring is 1. The molecule has 0 atom stereocenters. The Balaban J connectivity index is 1.88. The summed E-state index contributed by atoms with van der Waals surface area (Å²) in [7, 11) is 3.81. The van der Waals surface area contributed by atoms with Crippen LogP contribution in [-0.4, -0.2) is 24.5 Å². The van der Waals surface area contributed by atoms with Crippen LogP contribution in [0.15, 0.2) is 29.4 Å². The van der Waals surface area contributed by atoms with Crippen LogP contribution < -0.4 is 5.73 Å². The number of anilines is 1. The fourth-order valence-electron chi connectivity index (χ4n) is 1.98. The van der Waals surface area contributed by atoms with Gasteiger partial charge in [-0.3, -0.25) is 9.25 Å². The maximum Gasteiger partial charge on any atom is 0.222 e. The largest absolute Gasteiger partial charge is 0.368 e. The lowest BCUT2D eigenvalue weighted by molar-refractivity contribution is 0.777. The van der Waals surface area contributed by atoms with Crippen LogP contribution in [0.1, 0.15) is 5.69 Å². The van der Waals surface area contributed by atoms with E-state index in [1.807, 2.05) is 30.9 Å². The molecule has 3 rings (SSSR count). The van der Waals surface area contributed by atoms with Gasteiger partial charge in [0.15, 0.2) is 5.16 Å². The summed E-state index contributed by atoms with van der Waals surface area (Å²) in [6, 6.07) is 8.20. The van der Waals surface area contributed by atoms with Gasteiger partial charge in [-0.25, -0.2) is 0 Å². The van der Waals surface area contributed by atoms with Crippen molar-refractivity contribution < 1.29 is 0 Å². The minimum atomic E-state index is 0.424. The molecule has 0 saturated carbocycles. The lowest BCUT2D eigenvalue weighted by Gasteiger charge is -1.99. The molecule has 2 N–H and O–H groups in total. The molecule has 0 aliphatic heterocycles. The van der Waals surface area contributed by atoms with Crippen LogP contribution in [0.2, 0.25) is 0 Å². The van der Waals surface area contributed by atoms with Crippen LogP contribution >= 0.6 is 11.8 Å². The third kappa shape index (κ3) is 2.06. The predicted molar refractivity (Wildman–Crippen MR) is 75.7 cm³/mol. The van der Waals surface area contributed by atoms with Gasteiger partial charge in [0.25, 0.3) is 0 Å². The van der Waals surface area contributed by atoms with E-state index >= 15 is 0 Å². The molecule has 0 bridgehead atoms. The molecule has 1 aromatic carbocycles. The summed E-state index contributed by atoms with van der Waals surface area (Å²) in [4.78, 5) is 0. The first-order valence-electron chi connectivity index (χ1n) is 5.85. The summed E-state index contributed by atoms with van der Waals surface area (Å²) in [6.45, 7) is 0. The van der Waals surface area contributed by atoms with Crippen molar-refractivity contribution in [1.82, 2.24) is 24.5 Å². The third-order valence-electron chi connectivity index (χ3n) is 3.04. The zero-order chi connectivity index (χ0) is 13.4. The van der Waals surface area contributed by atoms with Crippen molar-refractivity contribution in [1.29, 1.82) is 0 Å². The average molecular weight is 274 g/mol. The predicted octanol–water partition coefficient (Wildman–Crippen LogP) is 1.58. The fourth-order valence-corrected chi connectivity index (χ4v) is 2.84. The maximum absolute atomic E-state index is 5.66. The summed E-state index contributed by atoms with van der Waals surface area (Å²) in [5.41, 5.74) is 7.84. The molecule has 0 fully saturated rings. The van der Waals surface area contributed by atoms with Gasteiger partial charge in [0.1, 0.15) is 0 Å². The minimum Gasteiger partial charge on any atom is -0.368 e. The van der Waals surface area contributed by atoms with Crippen molar-refractivity contribution >= 4 is 28.6 Å². The Bertz CT molecular complexity index is 729. The molecule has 0 radical (unpaired) electrons. The number of rotatable bonds is 3. The number of hydrogen-bond donors (Lipinski definition) is 1. The van der Waals surface area contributed by atoms with Crippen molar-refractivity contribution in [3.8, 4) is 0 Å². The SMILES string of the molecule is Cn1c(N)nnc1SCc1nn(C)c2ccccc12. The number of aromatic nitrogens is 5. The van der Waals surface area contributed by atoms with Crippen molar-refractivity contribution in [2.24, 2.45) is 14.1 Å². The molecule has 0 unspecified atom stereocenters. The number of nitrogens with two attached hydrogens (primary N) is 1. The molecular weight excluding hydrogens is 260 g/mol. The number of nitrogens with zero attached hydrogens (tertiary/aromatic N) is 5. The Morgan fingerprint density at radius 1 is 1.21 bits per heavy atom. The molecule has 2 heterocycles. The monoisotopic (exact) mass is 274 g/mol. The zero-order valence-corrected chi connectivity index (χ0v) is 11.6. The van der Waals surface area contributed by atoms with Crippen LogP contribution in [-0.2, 0) is 19.8 Å². The third-order valence-corrected chi connectivity index (χ3v) is 4.07. The van der Waals surface area contributed by atoms with Crippen molar-refractivity contribution in [3.63, 3.8) is 0 Å². The van der Waals surface area contributed by atoms with E-state index < -0.39 is 0 Å². The Morgan fingerprint density at radius 3 is 2.74 bits per heavy atom. The van der Waals surface area contributed by atoms with Gasteiger partial charge in [-0.15, -0.1) is 10.2 Å². The molecule has 3 aromatic rings. The summed E-state index contributed by atoms with van der Waals surface area (Å²) in [5.74, 6) is 1.17. The number of hydrogen-bond acceptors (Lipinski definition) is 5. The van der Waals surface area contributed by atoms with Gasteiger partial charge in [0.05, 0.1) is 11.2 Å². The molecular formula is C12H14N6S. The number of aryl methyl sites for hydroxylation is 1. The summed E-state index contributed by atoms with van der Waals surface area (Å²) in [5, 5.41) is 14.4. The van der Waals surface area contributed by atoms with E-state index in [0.717, 1.165) is 22.1 Å². The quantitative estimate of drug-likeness (QED) is 0.734. The molecule has 19 heavy (non-hydrogen) atoms. The molecule has 6 nitrogen and oxygen atoms in total. The van der Waals surface area contributed by atoms with Crippen LogP contribution in [0, 0.1) is 0 Å². The van der Waals surface area contributed by atoms with Gasteiger partial charge in [0.2, 0.25) is 5.95 Å². The summed E-state index contributed by atoms with van der Waals surface area (Å²) >= 11 is 1.58. The van der Waals surface area contributed by atoms with Gasteiger partial charge < -0.3 is 5.73 Å². The van der Waals surface area contributed by atoms with E-state index in [9.17, 15) is 0 Å². The van der Waals surface area contributed by atoms with Crippen LogP contribution in [0.4, 0.5) is 5.95 Å². The number of thioether (sulfide) groups is 1. The first kappa shape index (κ1) is 12.0. The number of fused-ring (bicyclic) bond motifs is 1. The highest BCUT2D eigenvalue weighted by Crippen LogP contribution is 2.25. The Hall–Kier alpha value is -2.02. The lowest BCUT2D eigenvalue weighted by atomic mass is 10.2. The van der Waals surface area contributed by atoms with Gasteiger partial charge in [-0.05, 0) is 6.07 Å². The second kappa shape index (κ2) is 4.58. The van der Waals surface area contributed by atoms with Gasteiger partial charge in [-0.1, -0.05) is 30.0 Å². The van der Waals surface area contributed by atoms with Crippen molar-refractivity contribution in [2.75, 3.05) is 5.73 Å². The van der Waals surface area contributed by atoms with Gasteiger partial charge in [-0.2, -0.15) is 5.10 Å². The van der Waals surface area contributed by atoms with Crippen LogP contribution in [0.25, 0.3) is 10.9 Å². The van der Waals surface area contributed by atoms with E-state index in [4.69, 9.17) is 5.73 Å². The molecule has 7 heteroatoms. The van der Waals surface area contributed by atoms with E-state index in [2.05, 4.69) is 27.4 Å². The highest BCUT2D eigenvalue weighted by molar-refractivity contribution is 7.98. The van der Waals surface area contributed by atoms with E-state index in [1.165, 1.54) is 5.39 Å². The van der Waals surface area contributed by atoms with E-state index in [1.54, 1.807) is 16.3 Å². The zero-order valence-electron chi connectivity index (χ0n) is 10.7. The molecule has 0 aliphatic rings. The maximum atomic E-state index is 5.66.